The summed E-state index contributed by atoms with van der Waals surface area (Å²) in [5.41, 5.74) is 2.49. The summed E-state index contributed by atoms with van der Waals surface area (Å²) in [6, 6.07) is 10.6. The summed E-state index contributed by atoms with van der Waals surface area (Å²) in [6.45, 7) is 13.1. The number of rotatable bonds is 10. The molecule has 3 N–H and O–H groups in total. The molecule has 0 radical (unpaired) electrons. The van der Waals surface area contributed by atoms with Crippen molar-refractivity contribution in [3.63, 3.8) is 0 Å². The van der Waals surface area contributed by atoms with E-state index in [1.54, 1.807) is 11.3 Å². The van der Waals surface area contributed by atoms with E-state index in [-0.39, 0.29) is 24.0 Å². The van der Waals surface area contributed by atoms with Crippen LogP contribution in [0.15, 0.2) is 46.1 Å². The van der Waals surface area contributed by atoms with E-state index in [4.69, 9.17) is 0 Å². The Hall–Kier alpha value is -1.16. The zero-order valence-corrected chi connectivity index (χ0v) is 21.1. The molecule has 0 spiro atoms. The maximum absolute atomic E-state index is 10.7. The quantitative estimate of drug-likeness (QED) is 0.245. The fourth-order valence-electron chi connectivity index (χ4n) is 2.90. The van der Waals surface area contributed by atoms with Gasteiger partial charge in [-0.3, -0.25) is 4.90 Å². The first-order chi connectivity index (χ1) is 13.5. The third-order valence-corrected chi connectivity index (χ3v) is 5.51. The highest BCUT2D eigenvalue weighted by Gasteiger charge is 2.23. The van der Waals surface area contributed by atoms with Gasteiger partial charge < -0.3 is 15.7 Å². The highest BCUT2D eigenvalue weighted by Crippen LogP contribution is 2.21. The van der Waals surface area contributed by atoms with E-state index >= 15 is 0 Å². The van der Waals surface area contributed by atoms with E-state index in [0.717, 1.165) is 31.7 Å². The van der Waals surface area contributed by atoms with Crippen LogP contribution < -0.4 is 10.6 Å². The fourth-order valence-corrected chi connectivity index (χ4v) is 3.68. The molecule has 5 nitrogen and oxygen atoms in total. The first kappa shape index (κ1) is 25.9. The molecule has 7 heteroatoms. The van der Waals surface area contributed by atoms with Crippen LogP contribution >= 0.6 is 35.3 Å². The number of nitrogens with one attached hydrogen (secondary N) is 2. The molecule has 2 rings (SSSR count). The molecule has 1 unspecified atom stereocenters. The summed E-state index contributed by atoms with van der Waals surface area (Å²) >= 11 is 1.59. The van der Waals surface area contributed by atoms with Gasteiger partial charge in [0.15, 0.2) is 5.96 Å². The number of aliphatic hydroxyl groups is 1. The average Bonchev–Trinajstić information content (AvgIpc) is 3.25. The SMILES string of the molecule is CCNC(=NCc1ccc(CN(CC)CC)cc1)NCC(C)(O)c1ccsc1.I. The molecule has 1 atom stereocenters. The Morgan fingerprint density at radius 2 is 1.72 bits per heavy atom. The van der Waals surface area contributed by atoms with E-state index in [1.807, 2.05) is 30.7 Å². The molecule has 0 amide bonds. The maximum Gasteiger partial charge on any atom is 0.191 e. The van der Waals surface area contributed by atoms with Gasteiger partial charge >= 0.3 is 0 Å². The number of aliphatic imine (C=N–C) groups is 1. The number of hydrogen-bond donors (Lipinski definition) is 3. The Morgan fingerprint density at radius 1 is 1.07 bits per heavy atom. The number of halogens is 1. The van der Waals surface area contributed by atoms with Crippen LogP contribution in [0.3, 0.4) is 0 Å². The lowest BCUT2D eigenvalue weighted by molar-refractivity contribution is 0.0621. The van der Waals surface area contributed by atoms with Gasteiger partial charge in [0, 0.05) is 13.1 Å². The molecule has 0 fully saturated rings. The molecule has 2 aromatic rings. The molecule has 1 aromatic heterocycles. The van der Waals surface area contributed by atoms with E-state index < -0.39 is 5.60 Å². The molecule has 0 aliphatic carbocycles. The summed E-state index contributed by atoms with van der Waals surface area (Å²) in [4.78, 5) is 7.07. The normalized spacial score (nSPS) is 13.7. The average molecular weight is 531 g/mol. The lowest BCUT2D eigenvalue weighted by Crippen LogP contribution is -2.44. The zero-order chi connectivity index (χ0) is 20.4. The second kappa shape index (κ2) is 13.2. The highest BCUT2D eigenvalue weighted by molar-refractivity contribution is 14.0. The molecule has 1 heterocycles. The van der Waals surface area contributed by atoms with E-state index in [0.29, 0.717) is 19.0 Å². The molecule has 0 saturated carbocycles. The summed E-state index contributed by atoms with van der Waals surface area (Å²) < 4.78 is 0. The maximum atomic E-state index is 10.7. The van der Waals surface area contributed by atoms with Crippen LogP contribution in [0.1, 0.15) is 44.4 Å². The zero-order valence-electron chi connectivity index (χ0n) is 17.9. The monoisotopic (exact) mass is 530 g/mol. The van der Waals surface area contributed by atoms with Crippen LogP contribution in [0, 0.1) is 0 Å². The molecule has 0 aliphatic heterocycles. The van der Waals surface area contributed by atoms with Gasteiger partial charge in [0.05, 0.1) is 13.1 Å². The van der Waals surface area contributed by atoms with Crippen LogP contribution in [-0.2, 0) is 18.7 Å². The van der Waals surface area contributed by atoms with Crippen LogP contribution in [-0.4, -0.2) is 42.1 Å². The topological polar surface area (TPSA) is 59.9 Å². The summed E-state index contributed by atoms with van der Waals surface area (Å²) in [5.74, 6) is 0.713. The number of nitrogens with zero attached hydrogens (tertiary/aromatic N) is 2. The van der Waals surface area contributed by atoms with Crippen LogP contribution in [0.2, 0.25) is 0 Å². The van der Waals surface area contributed by atoms with Crippen molar-refractivity contribution in [2.24, 2.45) is 4.99 Å². The van der Waals surface area contributed by atoms with Crippen molar-refractivity contribution in [2.45, 2.75) is 46.4 Å². The van der Waals surface area contributed by atoms with Crippen molar-refractivity contribution < 1.29 is 5.11 Å². The van der Waals surface area contributed by atoms with Crippen molar-refractivity contribution in [1.82, 2.24) is 15.5 Å². The van der Waals surface area contributed by atoms with Crippen molar-refractivity contribution in [3.05, 3.63) is 57.8 Å². The minimum absolute atomic E-state index is 0. The number of thiophene rings is 1. The summed E-state index contributed by atoms with van der Waals surface area (Å²) in [6.07, 6.45) is 0. The largest absolute Gasteiger partial charge is 0.384 e. The number of hydrogen-bond acceptors (Lipinski definition) is 4. The van der Waals surface area contributed by atoms with Gasteiger partial charge in [-0.25, -0.2) is 4.99 Å². The molecular formula is C22H35IN4OS. The Kier molecular flexibility index (Phi) is 11.8. The van der Waals surface area contributed by atoms with E-state index in [2.05, 4.69) is 58.6 Å². The lowest BCUT2D eigenvalue weighted by atomic mass is 9.99. The van der Waals surface area contributed by atoms with Gasteiger partial charge in [-0.15, -0.1) is 24.0 Å². The first-order valence-corrected chi connectivity index (χ1v) is 11.0. The predicted molar refractivity (Wildman–Crippen MR) is 135 cm³/mol. The molecule has 0 aliphatic rings. The van der Waals surface area contributed by atoms with Crippen molar-refractivity contribution >= 4 is 41.3 Å². The van der Waals surface area contributed by atoms with Crippen LogP contribution in [0.4, 0.5) is 0 Å². The standard InChI is InChI=1S/C22H34N4OS.HI/c1-5-23-21(25-17-22(4,27)20-12-13-28-16-20)24-14-18-8-10-19(11-9-18)15-26(6-2)7-3;/h8-13,16,27H,5-7,14-15,17H2,1-4H3,(H2,23,24,25);1H. The summed E-state index contributed by atoms with van der Waals surface area (Å²) in [7, 11) is 0. The van der Waals surface area contributed by atoms with E-state index in [9.17, 15) is 5.11 Å². The molecular weight excluding hydrogens is 495 g/mol. The van der Waals surface area contributed by atoms with Gasteiger partial charge in [0.2, 0.25) is 0 Å². The third kappa shape index (κ3) is 8.62. The van der Waals surface area contributed by atoms with Crippen molar-refractivity contribution in [2.75, 3.05) is 26.2 Å². The minimum atomic E-state index is -0.928. The van der Waals surface area contributed by atoms with Crippen LogP contribution in [0.5, 0.6) is 0 Å². The Labute approximate surface area is 196 Å². The van der Waals surface area contributed by atoms with Crippen LogP contribution in [0.25, 0.3) is 0 Å². The first-order valence-electron chi connectivity index (χ1n) is 10.1. The van der Waals surface area contributed by atoms with E-state index in [1.165, 1.54) is 11.1 Å². The fraction of sp³-hybridized carbons (Fsp3) is 0.500. The molecule has 1 aromatic carbocycles. The smallest absolute Gasteiger partial charge is 0.191 e. The number of benzene rings is 1. The Morgan fingerprint density at radius 3 is 2.28 bits per heavy atom. The Bertz CT molecular complexity index is 713. The van der Waals surface area contributed by atoms with Crippen molar-refractivity contribution in [1.29, 1.82) is 0 Å². The lowest BCUT2D eigenvalue weighted by Gasteiger charge is -2.24. The van der Waals surface area contributed by atoms with Gasteiger partial charge in [-0.1, -0.05) is 38.1 Å². The summed E-state index contributed by atoms with van der Waals surface area (Å²) in [5, 5.41) is 21.1. The molecule has 0 bridgehead atoms. The van der Waals surface area contributed by atoms with Gasteiger partial charge in [-0.05, 0) is 60.5 Å². The highest BCUT2D eigenvalue weighted by atomic mass is 127. The third-order valence-electron chi connectivity index (χ3n) is 4.83. The second-order valence-corrected chi connectivity index (χ2v) is 7.89. The van der Waals surface area contributed by atoms with Gasteiger partial charge in [0.25, 0.3) is 0 Å². The van der Waals surface area contributed by atoms with Crippen molar-refractivity contribution in [3.8, 4) is 0 Å². The van der Waals surface area contributed by atoms with Gasteiger partial charge in [0.1, 0.15) is 5.60 Å². The molecule has 0 saturated heterocycles. The Balaban J connectivity index is 0.00000420. The minimum Gasteiger partial charge on any atom is -0.384 e. The molecule has 29 heavy (non-hydrogen) atoms. The predicted octanol–water partition coefficient (Wildman–Crippen LogP) is 4.17. The number of guanidine groups is 1. The second-order valence-electron chi connectivity index (χ2n) is 7.11. The molecule has 162 valence electrons. The van der Waals surface area contributed by atoms with Gasteiger partial charge in [-0.2, -0.15) is 11.3 Å².